The van der Waals surface area contributed by atoms with E-state index in [4.69, 9.17) is 19.6 Å². The van der Waals surface area contributed by atoms with Gasteiger partial charge in [0.05, 0.1) is 6.61 Å². The lowest BCUT2D eigenvalue weighted by atomic mass is 9.84. The van der Waals surface area contributed by atoms with Gasteiger partial charge < -0.3 is 19.9 Å². The van der Waals surface area contributed by atoms with E-state index in [-0.39, 0.29) is 18.4 Å². The van der Waals surface area contributed by atoms with E-state index in [0.717, 1.165) is 22.3 Å². The van der Waals surface area contributed by atoms with E-state index >= 15 is 0 Å². The van der Waals surface area contributed by atoms with Crippen LogP contribution in [-0.2, 0) is 9.53 Å². The number of rotatable bonds is 13. The van der Waals surface area contributed by atoms with E-state index in [2.05, 4.69) is 36.2 Å². The summed E-state index contributed by atoms with van der Waals surface area (Å²) in [6.45, 7) is 4.88. The normalized spacial score (nSPS) is 17.8. The number of nitrogens with one attached hydrogen (secondary N) is 1. The van der Waals surface area contributed by atoms with E-state index in [0.29, 0.717) is 37.6 Å². The van der Waals surface area contributed by atoms with E-state index in [1.54, 1.807) is 6.08 Å². The molecule has 1 aliphatic rings. The molecule has 0 bridgehead atoms. The number of amides is 1. The minimum absolute atomic E-state index is 0.0311. The summed E-state index contributed by atoms with van der Waals surface area (Å²) in [5.74, 6) is 0.835. The van der Waals surface area contributed by atoms with Crippen LogP contribution in [0.3, 0.4) is 0 Å². The van der Waals surface area contributed by atoms with E-state index in [1.165, 1.54) is 0 Å². The number of aliphatic hydroxyl groups excluding tert-OH is 1. The molecule has 0 spiro atoms. The number of ether oxygens (including phenoxy) is 2. The summed E-state index contributed by atoms with van der Waals surface area (Å²) < 4.78 is 12.2. The lowest BCUT2D eigenvalue weighted by molar-refractivity contribution is -0.128. The first-order valence-electron chi connectivity index (χ1n) is 14.3. The molecule has 6 nitrogen and oxygen atoms in total. The van der Waals surface area contributed by atoms with Gasteiger partial charge in [-0.3, -0.25) is 4.79 Å². The molecule has 4 aromatic carbocycles. The molecule has 1 amide bonds. The second-order valence-electron chi connectivity index (χ2n) is 10.3. The van der Waals surface area contributed by atoms with Gasteiger partial charge in [-0.05, 0) is 41.0 Å². The molecule has 6 heteroatoms. The molecule has 1 heterocycles. The first-order valence-corrected chi connectivity index (χ1v) is 14.3. The summed E-state index contributed by atoms with van der Waals surface area (Å²) in [4.78, 5) is 19.3. The maximum Gasteiger partial charge on any atom is 0.252 e. The number of hydrogen-bond acceptors (Lipinski definition) is 5. The van der Waals surface area contributed by atoms with Crippen molar-refractivity contribution in [2.45, 2.75) is 30.4 Å². The molecule has 214 valence electrons. The first kappa shape index (κ1) is 28.8. The van der Waals surface area contributed by atoms with Crippen LogP contribution in [-0.4, -0.2) is 42.2 Å². The highest BCUT2D eigenvalue weighted by Gasteiger charge is 2.52. The third kappa shape index (κ3) is 6.45. The Morgan fingerprint density at radius 3 is 2.10 bits per heavy atom. The van der Waals surface area contributed by atoms with Crippen LogP contribution in [0.25, 0.3) is 0 Å². The van der Waals surface area contributed by atoms with Crippen molar-refractivity contribution in [1.29, 1.82) is 0 Å². The van der Waals surface area contributed by atoms with Gasteiger partial charge in [-0.2, -0.15) is 0 Å². The molecule has 2 N–H and O–H groups in total. The fourth-order valence-electron chi connectivity index (χ4n) is 5.31. The summed E-state index contributed by atoms with van der Waals surface area (Å²) in [5.41, 5.74) is 2.60. The summed E-state index contributed by atoms with van der Waals surface area (Å²) in [6.07, 6.45) is 1.95. The highest BCUT2D eigenvalue weighted by Crippen LogP contribution is 2.43. The van der Waals surface area contributed by atoms with Crippen LogP contribution in [0.4, 0.5) is 0 Å². The Bertz CT molecular complexity index is 1430. The van der Waals surface area contributed by atoms with Gasteiger partial charge >= 0.3 is 0 Å². The van der Waals surface area contributed by atoms with Crippen LogP contribution in [0.1, 0.15) is 47.1 Å². The Hall–Kier alpha value is -4.68. The molecule has 2 atom stereocenters. The van der Waals surface area contributed by atoms with E-state index < -0.39 is 11.6 Å². The molecule has 0 saturated heterocycles. The van der Waals surface area contributed by atoms with E-state index in [9.17, 15) is 4.79 Å². The second kappa shape index (κ2) is 13.8. The van der Waals surface area contributed by atoms with Gasteiger partial charge in [-0.25, -0.2) is 4.99 Å². The fraction of sp³-hybridized carbons (Fsp3) is 0.222. The molecule has 0 aromatic heterocycles. The standard InChI is InChI=1S/C36H36N2O4/c1-2-23-36(35(40)37-26-32(27-13-6-3-7-14-27)28-15-8-4-9-16-28)33(29-17-10-5-11-18-29)42-34(38-36)30-19-21-31(22-20-30)41-25-12-24-39/h2-11,13-22,32-33,39H,1,12,23-26H2,(H,37,40)/t33-,36-/m1/s1. The van der Waals surface area contributed by atoms with Crippen molar-refractivity contribution in [2.24, 2.45) is 4.99 Å². The van der Waals surface area contributed by atoms with Crippen LogP contribution in [0.5, 0.6) is 5.75 Å². The van der Waals surface area contributed by atoms with Crippen LogP contribution < -0.4 is 10.1 Å². The Balaban J connectivity index is 1.46. The predicted molar refractivity (Wildman–Crippen MR) is 166 cm³/mol. The summed E-state index contributed by atoms with van der Waals surface area (Å²) in [6, 6.07) is 37.6. The van der Waals surface area contributed by atoms with Crippen LogP contribution in [0.15, 0.2) is 133 Å². The summed E-state index contributed by atoms with van der Waals surface area (Å²) in [7, 11) is 0. The Morgan fingerprint density at radius 2 is 1.52 bits per heavy atom. The van der Waals surface area contributed by atoms with Gasteiger partial charge in [-0.15, -0.1) is 6.58 Å². The molecule has 0 saturated carbocycles. The first-order chi connectivity index (χ1) is 20.6. The maximum absolute atomic E-state index is 14.3. The Kier molecular flexibility index (Phi) is 9.47. The zero-order chi connectivity index (χ0) is 29.2. The number of carbonyl (C=O) groups excluding carboxylic acids is 1. The number of carbonyl (C=O) groups is 1. The summed E-state index contributed by atoms with van der Waals surface area (Å²) >= 11 is 0. The third-order valence-electron chi connectivity index (χ3n) is 7.46. The van der Waals surface area contributed by atoms with Crippen molar-refractivity contribution in [3.05, 3.63) is 150 Å². The van der Waals surface area contributed by atoms with Crippen molar-refractivity contribution in [3.63, 3.8) is 0 Å². The van der Waals surface area contributed by atoms with Gasteiger partial charge in [0.15, 0.2) is 11.6 Å². The highest BCUT2D eigenvalue weighted by atomic mass is 16.5. The minimum atomic E-state index is -1.24. The molecule has 4 aromatic rings. The molecular weight excluding hydrogens is 524 g/mol. The minimum Gasteiger partial charge on any atom is -0.494 e. The molecular formula is C36H36N2O4. The molecule has 42 heavy (non-hydrogen) atoms. The zero-order valence-corrected chi connectivity index (χ0v) is 23.6. The number of aliphatic hydroxyl groups is 1. The molecule has 0 radical (unpaired) electrons. The van der Waals surface area contributed by atoms with Crippen LogP contribution in [0, 0.1) is 0 Å². The van der Waals surface area contributed by atoms with Crippen molar-refractivity contribution < 1.29 is 19.4 Å². The lowest BCUT2D eigenvalue weighted by Gasteiger charge is -2.30. The van der Waals surface area contributed by atoms with Gasteiger partial charge in [-0.1, -0.05) is 97.1 Å². The average Bonchev–Trinajstić information content (AvgIpc) is 3.44. The van der Waals surface area contributed by atoms with Gasteiger partial charge in [0.1, 0.15) is 5.75 Å². The number of nitrogens with zero attached hydrogens (tertiary/aromatic N) is 1. The van der Waals surface area contributed by atoms with Crippen molar-refractivity contribution in [3.8, 4) is 5.75 Å². The van der Waals surface area contributed by atoms with E-state index in [1.807, 2.05) is 91.0 Å². The number of benzene rings is 4. The molecule has 0 aliphatic carbocycles. The Labute approximate surface area is 247 Å². The number of hydrogen-bond donors (Lipinski definition) is 2. The molecule has 0 unspecified atom stereocenters. The zero-order valence-electron chi connectivity index (χ0n) is 23.6. The summed E-state index contributed by atoms with van der Waals surface area (Å²) in [5, 5.41) is 12.3. The number of aliphatic imine (C=N–C) groups is 1. The van der Waals surface area contributed by atoms with Crippen LogP contribution >= 0.6 is 0 Å². The predicted octanol–water partition coefficient (Wildman–Crippen LogP) is 6.23. The maximum atomic E-state index is 14.3. The topological polar surface area (TPSA) is 80.2 Å². The van der Waals surface area contributed by atoms with Gasteiger partial charge in [0.2, 0.25) is 5.90 Å². The van der Waals surface area contributed by atoms with Crippen molar-refractivity contribution in [1.82, 2.24) is 5.32 Å². The molecule has 1 aliphatic heterocycles. The molecule has 5 rings (SSSR count). The van der Waals surface area contributed by atoms with Gasteiger partial charge in [0, 0.05) is 37.5 Å². The largest absolute Gasteiger partial charge is 0.494 e. The smallest absolute Gasteiger partial charge is 0.252 e. The Morgan fingerprint density at radius 1 is 0.929 bits per heavy atom. The quantitative estimate of drug-likeness (QED) is 0.150. The average molecular weight is 561 g/mol. The lowest BCUT2D eigenvalue weighted by Crippen LogP contribution is -2.49. The SMILES string of the molecule is C=CC[C@@]1(C(=O)NCC(c2ccccc2)c2ccccc2)N=C(c2ccc(OCCCO)cc2)O[C@@H]1c1ccccc1. The van der Waals surface area contributed by atoms with Gasteiger partial charge in [0.25, 0.3) is 5.91 Å². The second-order valence-corrected chi connectivity index (χ2v) is 10.3. The fourth-order valence-corrected chi connectivity index (χ4v) is 5.31. The third-order valence-corrected chi connectivity index (χ3v) is 7.46. The van der Waals surface area contributed by atoms with Crippen LogP contribution in [0.2, 0.25) is 0 Å². The van der Waals surface area contributed by atoms with Crippen molar-refractivity contribution in [2.75, 3.05) is 19.8 Å². The van der Waals surface area contributed by atoms with Crippen molar-refractivity contribution >= 4 is 11.8 Å². The monoisotopic (exact) mass is 560 g/mol. The molecule has 0 fully saturated rings. The highest BCUT2D eigenvalue weighted by molar-refractivity contribution is 6.01.